The molecule has 0 saturated heterocycles. The lowest BCUT2D eigenvalue weighted by Crippen LogP contribution is -2.18. The van der Waals surface area contributed by atoms with Crippen LogP contribution in [0.1, 0.15) is 22.5 Å². The van der Waals surface area contributed by atoms with Crippen molar-refractivity contribution < 1.29 is 4.39 Å². The summed E-state index contributed by atoms with van der Waals surface area (Å²) in [5.41, 5.74) is 3.77. The Morgan fingerprint density at radius 1 is 1.16 bits per heavy atom. The van der Waals surface area contributed by atoms with Gasteiger partial charge in [0.05, 0.1) is 11.4 Å². The minimum Gasteiger partial charge on any atom is -0.312 e. The average Bonchev–Trinajstić information content (AvgIpc) is 2.40. The lowest BCUT2D eigenvalue weighted by atomic mass is 10.1. The van der Waals surface area contributed by atoms with Crippen molar-refractivity contribution in [2.24, 2.45) is 0 Å². The van der Waals surface area contributed by atoms with E-state index in [2.05, 4.69) is 15.3 Å². The van der Waals surface area contributed by atoms with Crippen LogP contribution < -0.4 is 5.32 Å². The van der Waals surface area contributed by atoms with E-state index in [0.717, 1.165) is 36.5 Å². The minimum atomic E-state index is -0.154. The fraction of sp³-hybridized carbons (Fsp3) is 0.333. The normalized spacial score (nSPS) is 10.7. The van der Waals surface area contributed by atoms with E-state index >= 15 is 0 Å². The van der Waals surface area contributed by atoms with Crippen LogP contribution in [-0.2, 0) is 13.0 Å². The highest BCUT2D eigenvalue weighted by atomic mass is 19.1. The molecule has 0 amide bonds. The van der Waals surface area contributed by atoms with Gasteiger partial charge in [-0.2, -0.15) is 0 Å². The fourth-order valence-electron chi connectivity index (χ4n) is 1.94. The molecule has 0 unspecified atom stereocenters. The first-order valence-electron chi connectivity index (χ1n) is 6.39. The molecule has 4 heteroatoms. The summed E-state index contributed by atoms with van der Waals surface area (Å²) in [7, 11) is 0. The maximum Gasteiger partial charge on any atom is 0.126 e. The molecule has 0 spiro atoms. The first kappa shape index (κ1) is 13.6. The first-order chi connectivity index (χ1) is 9.16. The molecule has 0 radical (unpaired) electrons. The van der Waals surface area contributed by atoms with E-state index in [1.54, 1.807) is 19.3 Å². The fourth-order valence-corrected chi connectivity index (χ4v) is 1.94. The molecule has 2 rings (SSSR count). The van der Waals surface area contributed by atoms with Crippen LogP contribution in [0.3, 0.4) is 0 Å². The Labute approximate surface area is 112 Å². The van der Waals surface area contributed by atoms with Crippen LogP contribution >= 0.6 is 0 Å². The molecule has 0 fully saturated rings. The van der Waals surface area contributed by atoms with Gasteiger partial charge in [0, 0.05) is 31.9 Å². The predicted octanol–water partition coefficient (Wildman–Crippen LogP) is 2.56. The van der Waals surface area contributed by atoms with Crippen LogP contribution in [0.5, 0.6) is 0 Å². The number of aromatic nitrogens is 2. The molecule has 0 aliphatic heterocycles. The van der Waals surface area contributed by atoms with Crippen molar-refractivity contribution in [1.29, 1.82) is 0 Å². The number of hydrogen-bond acceptors (Lipinski definition) is 3. The van der Waals surface area contributed by atoms with Crippen molar-refractivity contribution in [3.05, 3.63) is 58.9 Å². The quantitative estimate of drug-likeness (QED) is 0.839. The molecule has 1 heterocycles. The summed E-state index contributed by atoms with van der Waals surface area (Å²) in [4.78, 5) is 8.50. The standard InChI is InChI=1S/C15H18FN3/c1-11-9-13(3-4-14(11)16)10-17-6-5-15-12(2)18-7-8-19-15/h3-4,7-9,17H,5-6,10H2,1-2H3. The number of halogens is 1. The highest BCUT2D eigenvalue weighted by Gasteiger charge is 2.01. The second-order valence-corrected chi connectivity index (χ2v) is 4.60. The predicted molar refractivity (Wildman–Crippen MR) is 73.3 cm³/mol. The average molecular weight is 259 g/mol. The summed E-state index contributed by atoms with van der Waals surface area (Å²) in [6, 6.07) is 5.19. The Morgan fingerprint density at radius 3 is 2.68 bits per heavy atom. The topological polar surface area (TPSA) is 37.8 Å². The summed E-state index contributed by atoms with van der Waals surface area (Å²) in [6.07, 6.45) is 4.26. The molecular weight excluding hydrogens is 241 g/mol. The largest absolute Gasteiger partial charge is 0.312 e. The monoisotopic (exact) mass is 259 g/mol. The van der Waals surface area contributed by atoms with Gasteiger partial charge in [-0.15, -0.1) is 0 Å². The second-order valence-electron chi connectivity index (χ2n) is 4.60. The molecule has 0 aliphatic carbocycles. The third-order valence-corrected chi connectivity index (χ3v) is 3.07. The van der Waals surface area contributed by atoms with E-state index < -0.39 is 0 Å². The van der Waals surface area contributed by atoms with E-state index in [1.807, 2.05) is 19.1 Å². The van der Waals surface area contributed by atoms with Crippen molar-refractivity contribution in [3.63, 3.8) is 0 Å². The number of rotatable bonds is 5. The van der Waals surface area contributed by atoms with Gasteiger partial charge in [-0.3, -0.25) is 9.97 Å². The molecular formula is C15H18FN3. The third kappa shape index (κ3) is 3.83. The van der Waals surface area contributed by atoms with Gasteiger partial charge < -0.3 is 5.32 Å². The van der Waals surface area contributed by atoms with Gasteiger partial charge in [-0.1, -0.05) is 12.1 Å². The smallest absolute Gasteiger partial charge is 0.126 e. The number of aryl methyl sites for hydroxylation is 2. The van der Waals surface area contributed by atoms with Crippen LogP contribution in [-0.4, -0.2) is 16.5 Å². The molecule has 3 nitrogen and oxygen atoms in total. The molecule has 0 aliphatic rings. The molecule has 0 atom stereocenters. The lowest BCUT2D eigenvalue weighted by molar-refractivity contribution is 0.615. The Bertz CT molecular complexity index is 555. The number of hydrogen-bond donors (Lipinski definition) is 1. The van der Waals surface area contributed by atoms with E-state index in [4.69, 9.17) is 0 Å². The molecule has 100 valence electrons. The number of benzene rings is 1. The highest BCUT2D eigenvalue weighted by molar-refractivity contribution is 5.23. The van der Waals surface area contributed by atoms with E-state index in [-0.39, 0.29) is 5.82 Å². The van der Waals surface area contributed by atoms with Crippen LogP contribution in [0.4, 0.5) is 4.39 Å². The number of nitrogens with one attached hydrogen (secondary N) is 1. The van der Waals surface area contributed by atoms with E-state index in [1.165, 1.54) is 6.07 Å². The van der Waals surface area contributed by atoms with E-state index in [0.29, 0.717) is 5.56 Å². The van der Waals surface area contributed by atoms with Crippen LogP contribution in [0.15, 0.2) is 30.6 Å². The molecule has 0 bridgehead atoms. The van der Waals surface area contributed by atoms with Crippen molar-refractivity contribution in [3.8, 4) is 0 Å². The molecule has 1 aromatic heterocycles. The Kier molecular flexibility index (Phi) is 4.58. The van der Waals surface area contributed by atoms with Crippen LogP contribution in [0.25, 0.3) is 0 Å². The van der Waals surface area contributed by atoms with Crippen molar-refractivity contribution in [1.82, 2.24) is 15.3 Å². The van der Waals surface area contributed by atoms with Gasteiger partial charge in [0.2, 0.25) is 0 Å². The van der Waals surface area contributed by atoms with Gasteiger partial charge in [-0.25, -0.2) is 4.39 Å². The second kappa shape index (κ2) is 6.38. The van der Waals surface area contributed by atoms with Gasteiger partial charge in [0.25, 0.3) is 0 Å². The molecule has 1 aromatic carbocycles. The molecule has 0 saturated carbocycles. The van der Waals surface area contributed by atoms with Gasteiger partial charge >= 0.3 is 0 Å². The maximum atomic E-state index is 13.1. The molecule has 19 heavy (non-hydrogen) atoms. The van der Waals surface area contributed by atoms with Crippen LogP contribution in [0.2, 0.25) is 0 Å². The zero-order valence-electron chi connectivity index (χ0n) is 11.3. The zero-order chi connectivity index (χ0) is 13.7. The molecule has 1 N–H and O–H groups in total. The summed E-state index contributed by atoms with van der Waals surface area (Å²) in [5, 5.41) is 3.33. The van der Waals surface area contributed by atoms with Crippen LogP contribution in [0, 0.1) is 19.7 Å². The Morgan fingerprint density at radius 2 is 1.95 bits per heavy atom. The van der Waals surface area contributed by atoms with Gasteiger partial charge in [0.1, 0.15) is 5.82 Å². The third-order valence-electron chi connectivity index (χ3n) is 3.07. The SMILES string of the molecule is Cc1cc(CNCCc2nccnc2C)ccc1F. The summed E-state index contributed by atoms with van der Waals surface area (Å²) in [6.45, 7) is 5.31. The molecule has 2 aromatic rings. The summed E-state index contributed by atoms with van der Waals surface area (Å²) < 4.78 is 13.1. The Hall–Kier alpha value is -1.81. The zero-order valence-corrected chi connectivity index (χ0v) is 11.3. The minimum absolute atomic E-state index is 0.154. The summed E-state index contributed by atoms with van der Waals surface area (Å²) >= 11 is 0. The van der Waals surface area contributed by atoms with Crippen molar-refractivity contribution >= 4 is 0 Å². The lowest BCUT2D eigenvalue weighted by Gasteiger charge is -2.07. The number of nitrogens with zero attached hydrogens (tertiary/aromatic N) is 2. The Balaban J connectivity index is 1.81. The van der Waals surface area contributed by atoms with E-state index in [9.17, 15) is 4.39 Å². The first-order valence-corrected chi connectivity index (χ1v) is 6.39. The summed E-state index contributed by atoms with van der Waals surface area (Å²) in [5.74, 6) is -0.154. The van der Waals surface area contributed by atoms with Crippen molar-refractivity contribution in [2.75, 3.05) is 6.54 Å². The maximum absolute atomic E-state index is 13.1. The van der Waals surface area contributed by atoms with Gasteiger partial charge in [0.15, 0.2) is 0 Å². The highest BCUT2D eigenvalue weighted by Crippen LogP contribution is 2.09. The van der Waals surface area contributed by atoms with Gasteiger partial charge in [-0.05, 0) is 31.0 Å². The van der Waals surface area contributed by atoms with Crippen molar-refractivity contribution in [2.45, 2.75) is 26.8 Å².